The fourth-order valence-corrected chi connectivity index (χ4v) is 0. The summed E-state index contributed by atoms with van der Waals surface area (Å²) in [5.74, 6) is 0. The molecule has 0 atom stereocenters. The van der Waals surface area contributed by atoms with Crippen LogP contribution in [0.25, 0.3) is 0 Å². The van der Waals surface area contributed by atoms with Crippen molar-refractivity contribution >= 4 is 26.2 Å². The zero-order valence-electron chi connectivity index (χ0n) is 4.41. The van der Waals surface area contributed by atoms with Gasteiger partial charge in [0.2, 0.25) is 0 Å². The van der Waals surface area contributed by atoms with E-state index in [9.17, 15) is 0 Å². The van der Waals surface area contributed by atoms with E-state index >= 15 is 0 Å². The van der Waals surface area contributed by atoms with Crippen molar-refractivity contribution < 1.29 is 2.69 Å². The summed E-state index contributed by atoms with van der Waals surface area (Å²) in [6.07, 6.45) is 0. The Morgan fingerprint density at radius 3 is 1.50 bits per heavy atom. The van der Waals surface area contributed by atoms with Gasteiger partial charge in [-0.1, -0.05) is 0 Å². The van der Waals surface area contributed by atoms with Gasteiger partial charge < -0.3 is 0 Å². The minimum atomic E-state index is 0.103. The molecule has 0 spiro atoms. The Labute approximate surface area is 55.4 Å². The number of rotatable bonds is 0. The number of hydrogen-bond donors (Lipinski definition) is 0. The zero-order chi connectivity index (χ0) is 5.21. The quantitative estimate of drug-likeness (QED) is 0.599. The Kier molecular flexibility index (Phi) is 2.59. The van der Waals surface area contributed by atoms with E-state index < -0.39 is 0 Å². The molecule has 6 heavy (non-hydrogen) atoms. The normalized spacial score (nSPS) is 12.0. The van der Waals surface area contributed by atoms with E-state index in [4.69, 9.17) is 2.69 Å². The van der Waals surface area contributed by atoms with E-state index in [1.165, 1.54) is 0 Å². The third-order valence-corrected chi connectivity index (χ3v) is 2.69. The van der Waals surface area contributed by atoms with Gasteiger partial charge in [0.05, 0.1) is 0 Å². The topological polar surface area (TPSA) is 9.23 Å². The molecule has 2 heteroatoms. The average Bonchev–Trinajstić information content (AvgIpc) is 1.35. The van der Waals surface area contributed by atoms with E-state index in [1.807, 2.05) is 0 Å². The van der Waals surface area contributed by atoms with Crippen LogP contribution in [0.1, 0.15) is 20.8 Å². The fraction of sp³-hybridized carbons (Fsp3) is 1.00. The third-order valence-electron chi connectivity index (χ3n) is 0.306. The van der Waals surface area contributed by atoms with E-state index in [2.05, 4.69) is 20.8 Å². The van der Waals surface area contributed by atoms with Crippen molar-refractivity contribution in [1.82, 2.24) is 0 Å². The molecule has 0 aromatic rings. The van der Waals surface area contributed by atoms with Crippen molar-refractivity contribution in [2.75, 3.05) is 0 Å². The van der Waals surface area contributed by atoms with Gasteiger partial charge in [0, 0.05) is 0 Å². The standard InChI is InChI=1S/C4H9O.Pb/c1-4(2,3)5;/h1-3H3;/q-1;+1. The van der Waals surface area contributed by atoms with Crippen LogP contribution in [-0.4, -0.2) is 31.8 Å². The van der Waals surface area contributed by atoms with E-state index in [0.717, 1.165) is 26.2 Å². The molecule has 35 valence electrons. The predicted molar refractivity (Wildman–Crippen MR) is 26.6 cm³/mol. The average molecular weight is 280 g/mol. The van der Waals surface area contributed by atoms with Crippen LogP contribution in [0.2, 0.25) is 0 Å². The van der Waals surface area contributed by atoms with Crippen molar-refractivity contribution in [3.63, 3.8) is 0 Å². The molecule has 0 aliphatic heterocycles. The molecule has 0 saturated heterocycles. The van der Waals surface area contributed by atoms with Gasteiger partial charge in [-0.3, -0.25) is 0 Å². The minimum absolute atomic E-state index is 0.103. The second-order valence-electron chi connectivity index (χ2n) is 2.21. The van der Waals surface area contributed by atoms with Gasteiger partial charge in [-0.25, -0.2) is 0 Å². The first-order valence-corrected chi connectivity index (χ1v) is 3.50. The molecule has 0 bridgehead atoms. The van der Waals surface area contributed by atoms with Crippen molar-refractivity contribution in [1.29, 1.82) is 0 Å². The Morgan fingerprint density at radius 2 is 1.50 bits per heavy atom. The molecule has 0 aliphatic carbocycles. The van der Waals surface area contributed by atoms with Crippen LogP contribution in [0.15, 0.2) is 0 Å². The maximum absolute atomic E-state index is 5.08. The monoisotopic (exact) mass is 281 g/mol. The first-order valence-electron chi connectivity index (χ1n) is 1.91. The van der Waals surface area contributed by atoms with Crippen molar-refractivity contribution in [2.45, 2.75) is 26.4 Å². The second-order valence-corrected chi connectivity index (χ2v) is 3.01. The van der Waals surface area contributed by atoms with Gasteiger partial charge in [0.25, 0.3) is 0 Å². The summed E-state index contributed by atoms with van der Waals surface area (Å²) < 4.78 is 5.08. The summed E-state index contributed by atoms with van der Waals surface area (Å²) in [6.45, 7) is 6.17. The Bertz CT molecular complexity index is 37.3. The van der Waals surface area contributed by atoms with Gasteiger partial charge >= 0.3 is 55.3 Å². The summed E-state index contributed by atoms with van der Waals surface area (Å²) in [4.78, 5) is 0. The molecule has 0 aromatic heterocycles. The summed E-state index contributed by atoms with van der Waals surface area (Å²) in [5, 5.41) is 0. The van der Waals surface area contributed by atoms with Gasteiger partial charge in [-0.15, -0.1) is 0 Å². The van der Waals surface area contributed by atoms with Crippen molar-refractivity contribution in [2.24, 2.45) is 0 Å². The van der Waals surface area contributed by atoms with E-state index in [0.29, 0.717) is 0 Å². The molecular formula is C4H9OPb. The zero-order valence-corrected chi connectivity index (χ0v) is 8.30. The summed E-state index contributed by atoms with van der Waals surface area (Å²) >= 11 is 0.848. The fourth-order valence-electron chi connectivity index (χ4n) is 0. The van der Waals surface area contributed by atoms with Crippen LogP contribution in [0.5, 0.6) is 0 Å². The first kappa shape index (κ1) is 6.88. The molecular weight excluding hydrogens is 271 g/mol. The Morgan fingerprint density at radius 1 is 1.33 bits per heavy atom. The summed E-state index contributed by atoms with van der Waals surface area (Å²) in [5.41, 5.74) is 0.103. The predicted octanol–water partition coefficient (Wildman–Crippen LogP) is 0.885. The van der Waals surface area contributed by atoms with Crippen molar-refractivity contribution in [3.8, 4) is 0 Å². The van der Waals surface area contributed by atoms with Crippen LogP contribution in [0.4, 0.5) is 0 Å². The molecule has 1 nitrogen and oxygen atoms in total. The molecule has 0 aliphatic rings. The van der Waals surface area contributed by atoms with Crippen LogP contribution in [0.3, 0.4) is 0 Å². The Hall–Kier alpha value is 0.882. The van der Waals surface area contributed by atoms with E-state index in [1.54, 1.807) is 0 Å². The van der Waals surface area contributed by atoms with Crippen LogP contribution in [-0.2, 0) is 2.69 Å². The molecule has 0 rings (SSSR count). The second kappa shape index (κ2) is 2.26. The van der Waals surface area contributed by atoms with Gasteiger partial charge in [-0.05, 0) is 0 Å². The Balaban J connectivity index is 3.17. The molecule has 0 aromatic carbocycles. The van der Waals surface area contributed by atoms with Crippen LogP contribution < -0.4 is 0 Å². The van der Waals surface area contributed by atoms with Crippen LogP contribution in [0, 0.1) is 0 Å². The van der Waals surface area contributed by atoms with E-state index in [-0.39, 0.29) is 5.60 Å². The van der Waals surface area contributed by atoms with Gasteiger partial charge in [0.15, 0.2) is 0 Å². The molecule has 0 fully saturated rings. The van der Waals surface area contributed by atoms with Gasteiger partial charge in [0.1, 0.15) is 0 Å². The molecule has 0 unspecified atom stereocenters. The molecule has 0 saturated carbocycles. The maximum atomic E-state index is 5.08. The van der Waals surface area contributed by atoms with Crippen molar-refractivity contribution in [3.05, 3.63) is 0 Å². The number of hydrogen-bond acceptors (Lipinski definition) is 1. The van der Waals surface area contributed by atoms with Gasteiger partial charge in [-0.2, -0.15) is 0 Å². The molecule has 3 radical (unpaired) electrons. The molecule has 0 amide bonds. The third kappa shape index (κ3) is 4.88. The molecule has 0 N–H and O–H groups in total. The summed E-state index contributed by atoms with van der Waals surface area (Å²) in [6, 6.07) is 0. The first-order chi connectivity index (χ1) is 2.56. The summed E-state index contributed by atoms with van der Waals surface area (Å²) in [7, 11) is 0. The SMILES string of the molecule is CC(C)(C)[O][Pb]. The molecule has 0 heterocycles. The van der Waals surface area contributed by atoms with Crippen LogP contribution >= 0.6 is 0 Å².